The SMILES string of the molecule is Cl.Cl.NC1(C(=O)NCc2ccc(CN3CCC(O)CC3)cc2)CCCCC1. The second-order valence-electron chi connectivity index (χ2n) is 7.72. The van der Waals surface area contributed by atoms with Crippen LogP contribution >= 0.6 is 24.8 Å². The number of aliphatic hydroxyl groups excluding tert-OH is 1. The maximum atomic E-state index is 12.4. The number of nitrogens with zero attached hydrogens (tertiary/aromatic N) is 1. The zero-order chi connectivity index (χ0) is 17.7. The number of nitrogens with two attached hydrogens (primary N) is 1. The van der Waals surface area contributed by atoms with Gasteiger partial charge in [0.2, 0.25) is 5.91 Å². The summed E-state index contributed by atoms with van der Waals surface area (Å²) in [6.45, 7) is 3.37. The second kappa shape index (κ2) is 11.2. The van der Waals surface area contributed by atoms with Crippen LogP contribution in [0.25, 0.3) is 0 Å². The summed E-state index contributed by atoms with van der Waals surface area (Å²) in [4.78, 5) is 14.8. The van der Waals surface area contributed by atoms with Gasteiger partial charge in [-0.15, -0.1) is 24.8 Å². The molecule has 0 unspecified atom stereocenters. The number of benzene rings is 1. The van der Waals surface area contributed by atoms with Crippen LogP contribution in [0.3, 0.4) is 0 Å². The molecule has 1 aliphatic carbocycles. The van der Waals surface area contributed by atoms with E-state index in [2.05, 4.69) is 34.5 Å². The summed E-state index contributed by atoms with van der Waals surface area (Å²) < 4.78 is 0. The minimum atomic E-state index is -0.670. The van der Waals surface area contributed by atoms with E-state index >= 15 is 0 Å². The normalized spacial score (nSPS) is 20.2. The number of rotatable bonds is 5. The molecule has 1 amide bonds. The highest BCUT2D eigenvalue weighted by atomic mass is 35.5. The first-order valence-electron chi connectivity index (χ1n) is 9.61. The molecule has 0 spiro atoms. The Morgan fingerprint density at radius 1 is 1.07 bits per heavy atom. The van der Waals surface area contributed by atoms with Crippen molar-refractivity contribution in [3.05, 3.63) is 35.4 Å². The molecule has 4 N–H and O–H groups in total. The van der Waals surface area contributed by atoms with Crippen molar-refractivity contribution in [3.8, 4) is 0 Å². The molecule has 5 nitrogen and oxygen atoms in total. The molecule has 1 aromatic rings. The third-order valence-corrected chi connectivity index (χ3v) is 5.64. The van der Waals surface area contributed by atoms with E-state index in [0.717, 1.165) is 63.7 Å². The van der Waals surface area contributed by atoms with Gasteiger partial charge in [0, 0.05) is 26.2 Å². The number of halogens is 2. The summed E-state index contributed by atoms with van der Waals surface area (Å²) in [6.07, 6.45) is 6.47. The number of amides is 1. The third-order valence-electron chi connectivity index (χ3n) is 5.64. The summed E-state index contributed by atoms with van der Waals surface area (Å²) in [5.41, 5.74) is 7.97. The van der Waals surface area contributed by atoms with Crippen molar-refractivity contribution in [1.29, 1.82) is 0 Å². The first kappa shape index (κ1) is 24.2. The molecule has 1 aromatic carbocycles. The van der Waals surface area contributed by atoms with Gasteiger partial charge >= 0.3 is 0 Å². The van der Waals surface area contributed by atoms with E-state index in [4.69, 9.17) is 5.73 Å². The van der Waals surface area contributed by atoms with Gasteiger partial charge in [0.15, 0.2) is 0 Å². The van der Waals surface area contributed by atoms with Crippen LogP contribution in [-0.2, 0) is 17.9 Å². The quantitative estimate of drug-likeness (QED) is 0.687. The zero-order valence-corrected chi connectivity index (χ0v) is 17.5. The highest BCUT2D eigenvalue weighted by molar-refractivity contribution is 5.86. The fraction of sp³-hybridized carbons (Fsp3) is 0.650. The average molecular weight is 418 g/mol. The Labute approximate surface area is 174 Å². The van der Waals surface area contributed by atoms with Crippen LogP contribution in [0.2, 0.25) is 0 Å². The smallest absolute Gasteiger partial charge is 0.240 e. The molecule has 2 fully saturated rings. The van der Waals surface area contributed by atoms with E-state index < -0.39 is 5.54 Å². The molecule has 1 heterocycles. The Balaban J connectivity index is 0.00000182. The van der Waals surface area contributed by atoms with Crippen molar-refractivity contribution in [2.24, 2.45) is 5.73 Å². The summed E-state index contributed by atoms with van der Waals surface area (Å²) in [7, 11) is 0. The van der Waals surface area contributed by atoms with Crippen molar-refractivity contribution in [1.82, 2.24) is 10.2 Å². The third kappa shape index (κ3) is 6.91. The average Bonchev–Trinajstić information content (AvgIpc) is 2.63. The largest absolute Gasteiger partial charge is 0.393 e. The molecule has 0 aromatic heterocycles. The maximum absolute atomic E-state index is 12.4. The van der Waals surface area contributed by atoms with Crippen LogP contribution in [0, 0.1) is 0 Å². The minimum absolute atomic E-state index is 0. The van der Waals surface area contributed by atoms with Crippen molar-refractivity contribution in [3.63, 3.8) is 0 Å². The molecule has 1 saturated carbocycles. The molecule has 154 valence electrons. The predicted molar refractivity (Wildman–Crippen MR) is 113 cm³/mol. The number of carbonyl (C=O) groups is 1. The molecule has 3 rings (SSSR count). The predicted octanol–water partition coefficient (Wildman–Crippen LogP) is 2.76. The van der Waals surface area contributed by atoms with Gasteiger partial charge in [0.25, 0.3) is 0 Å². The molecule has 0 atom stereocenters. The molecule has 0 radical (unpaired) electrons. The highest BCUT2D eigenvalue weighted by Crippen LogP contribution is 2.26. The molecule has 0 bridgehead atoms. The Bertz CT molecular complexity index is 569. The van der Waals surface area contributed by atoms with Crippen LogP contribution in [0.15, 0.2) is 24.3 Å². The summed E-state index contributed by atoms with van der Waals surface area (Å²) in [5, 5.41) is 12.6. The lowest BCUT2D eigenvalue weighted by Crippen LogP contribution is -2.54. The lowest BCUT2D eigenvalue weighted by molar-refractivity contribution is -0.127. The van der Waals surface area contributed by atoms with Crippen molar-refractivity contribution in [2.75, 3.05) is 13.1 Å². The zero-order valence-electron chi connectivity index (χ0n) is 15.9. The van der Waals surface area contributed by atoms with Gasteiger partial charge in [0.1, 0.15) is 0 Å². The molecule has 27 heavy (non-hydrogen) atoms. The van der Waals surface area contributed by atoms with E-state index in [1.54, 1.807) is 0 Å². The van der Waals surface area contributed by atoms with E-state index in [1.807, 2.05) is 0 Å². The summed E-state index contributed by atoms with van der Waals surface area (Å²) >= 11 is 0. The first-order chi connectivity index (χ1) is 12.0. The molecule has 7 heteroatoms. The van der Waals surface area contributed by atoms with E-state index in [-0.39, 0.29) is 36.8 Å². The number of aliphatic hydroxyl groups is 1. The van der Waals surface area contributed by atoms with Crippen molar-refractivity contribution in [2.45, 2.75) is 69.7 Å². The van der Waals surface area contributed by atoms with Gasteiger partial charge in [-0.05, 0) is 36.8 Å². The Hall–Kier alpha value is -0.850. The lowest BCUT2D eigenvalue weighted by atomic mass is 9.82. The fourth-order valence-electron chi connectivity index (χ4n) is 3.87. The second-order valence-corrected chi connectivity index (χ2v) is 7.72. The van der Waals surface area contributed by atoms with Crippen LogP contribution in [0.4, 0.5) is 0 Å². The topological polar surface area (TPSA) is 78.6 Å². The van der Waals surface area contributed by atoms with Gasteiger partial charge in [-0.3, -0.25) is 9.69 Å². The number of likely N-dealkylation sites (tertiary alicyclic amines) is 1. The molecule has 1 aliphatic heterocycles. The molecule has 2 aliphatic rings. The minimum Gasteiger partial charge on any atom is -0.393 e. The first-order valence-corrected chi connectivity index (χ1v) is 9.61. The lowest BCUT2D eigenvalue weighted by Gasteiger charge is -2.31. The van der Waals surface area contributed by atoms with Gasteiger partial charge in [-0.25, -0.2) is 0 Å². The van der Waals surface area contributed by atoms with Crippen LogP contribution in [-0.4, -0.2) is 40.6 Å². The van der Waals surface area contributed by atoms with Gasteiger partial charge in [0.05, 0.1) is 11.6 Å². The van der Waals surface area contributed by atoms with E-state index in [1.165, 1.54) is 12.0 Å². The standard InChI is InChI=1S/C20H31N3O2.2ClH/c21-20(10-2-1-3-11-20)19(25)22-14-16-4-6-17(7-5-16)15-23-12-8-18(24)9-13-23;;/h4-7,18,24H,1-3,8-15,21H2,(H,22,25);2*1H. The monoisotopic (exact) mass is 417 g/mol. The number of piperidine rings is 1. The van der Waals surface area contributed by atoms with Crippen molar-refractivity contribution >= 4 is 30.7 Å². The Morgan fingerprint density at radius 3 is 2.22 bits per heavy atom. The van der Waals surface area contributed by atoms with E-state index in [0.29, 0.717) is 6.54 Å². The number of nitrogens with one attached hydrogen (secondary N) is 1. The maximum Gasteiger partial charge on any atom is 0.240 e. The highest BCUT2D eigenvalue weighted by Gasteiger charge is 2.34. The van der Waals surface area contributed by atoms with Gasteiger partial charge in [-0.1, -0.05) is 43.5 Å². The number of hydrogen-bond acceptors (Lipinski definition) is 4. The summed E-state index contributed by atoms with van der Waals surface area (Å²) in [5.74, 6) is -0.0110. The van der Waals surface area contributed by atoms with E-state index in [9.17, 15) is 9.90 Å². The van der Waals surface area contributed by atoms with Gasteiger partial charge < -0.3 is 16.2 Å². The number of hydrogen-bond donors (Lipinski definition) is 3. The van der Waals surface area contributed by atoms with Crippen molar-refractivity contribution < 1.29 is 9.90 Å². The molecule has 1 saturated heterocycles. The van der Waals surface area contributed by atoms with Crippen LogP contribution in [0.1, 0.15) is 56.1 Å². The summed E-state index contributed by atoms with van der Waals surface area (Å²) in [6, 6.07) is 8.42. The number of carbonyl (C=O) groups excluding carboxylic acids is 1. The fourth-order valence-corrected chi connectivity index (χ4v) is 3.87. The molecular formula is C20H33Cl2N3O2. The molecular weight excluding hydrogens is 385 g/mol. The van der Waals surface area contributed by atoms with Gasteiger partial charge in [-0.2, -0.15) is 0 Å². The van der Waals surface area contributed by atoms with Crippen LogP contribution < -0.4 is 11.1 Å². The van der Waals surface area contributed by atoms with Crippen LogP contribution in [0.5, 0.6) is 0 Å². The Kier molecular flexibility index (Phi) is 10.1. The Morgan fingerprint density at radius 2 is 1.63 bits per heavy atom.